The van der Waals surface area contributed by atoms with Crippen LogP contribution in [0.2, 0.25) is 0 Å². The molecule has 0 atom stereocenters. The fraction of sp³-hybridized carbons (Fsp3) is 0.353. The Morgan fingerprint density at radius 2 is 2.11 bits per heavy atom. The summed E-state index contributed by atoms with van der Waals surface area (Å²) in [5.74, 6) is 0.186. The van der Waals surface area contributed by atoms with Crippen molar-refractivity contribution in [3.05, 3.63) is 35.9 Å². The van der Waals surface area contributed by atoms with E-state index in [2.05, 4.69) is 19.9 Å². The lowest BCUT2D eigenvalue weighted by atomic mass is 10.1. The Labute approximate surface area is 161 Å². The smallest absolute Gasteiger partial charge is 0.238 e. The predicted molar refractivity (Wildman–Crippen MR) is 102 cm³/mol. The van der Waals surface area contributed by atoms with Gasteiger partial charge in [0.25, 0.3) is 0 Å². The van der Waals surface area contributed by atoms with Crippen molar-refractivity contribution in [1.82, 2.24) is 25.0 Å². The summed E-state index contributed by atoms with van der Waals surface area (Å²) in [7, 11) is -2.06. The molecule has 0 amide bonds. The SMILES string of the molecule is COc1ncc(-n2nc(-c3cn[nH]c3)c3c2CCOCC3)cc1NS(C)(=O)=O. The third-order valence-electron chi connectivity index (χ3n) is 4.41. The minimum absolute atomic E-state index is 0.186. The first kappa shape index (κ1) is 18.4. The zero-order valence-electron chi connectivity index (χ0n) is 15.5. The Balaban J connectivity index is 1.86. The van der Waals surface area contributed by atoms with Crippen molar-refractivity contribution >= 4 is 15.7 Å². The molecule has 148 valence electrons. The van der Waals surface area contributed by atoms with Gasteiger partial charge in [-0.05, 0) is 12.5 Å². The van der Waals surface area contributed by atoms with Crippen LogP contribution in [0.4, 0.5) is 5.69 Å². The first-order chi connectivity index (χ1) is 13.5. The van der Waals surface area contributed by atoms with Gasteiger partial charge in [0.2, 0.25) is 15.9 Å². The molecule has 0 fully saturated rings. The molecule has 28 heavy (non-hydrogen) atoms. The molecule has 3 aromatic heterocycles. The van der Waals surface area contributed by atoms with Gasteiger partial charge in [-0.2, -0.15) is 10.2 Å². The van der Waals surface area contributed by atoms with E-state index in [-0.39, 0.29) is 11.6 Å². The van der Waals surface area contributed by atoms with Crippen LogP contribution in [0, 0.1) is 0 Å². The summed E-state index contributed by atoms with van der Waals surface area (Å²) in [5, 5.41) is 11.6. The lowest BCUT2D eigenvalue weighted by Gasteiger charge is -2.12. The van der Waals surface area contributed by atoms with Gasteiger partial charge in [0.15, 0.2) is 0 Å². The maximum absolute atomic E-state index is 11.7. The van der Waals surface area contributed by atoms with E-state index >= 15 is 0 Å². The van der Waals surface area contributed by atoms with Crippen LogP contribution in [0.3, 0.4) is 0 Å². The Hall–Kier alpha value is -2.92. The molecule has 2 N–H and O–H groups in total. The molecule has 0 spiro atoms. The van der Waals surface area contributed by atoms with Gasteiger partial charge in [-0.3, -0.25) is 9.82 Å². The predicted octanol–water partition coefficient (Wildman–Crippen LogP) is 1.15. The average molecular weight is 404 g/mol. The lowest BCUT2D eigenvalue weighted by molar-refractivity contribution is 0.145. The molecule has 0 aromatic carbocycles. The molecule has 10 nitrogen and oxygen atoms in total. The Kier molecular flexibility index (Phi) is 4.77. The maximum Gasteiger partial charge on any atom is 0.238 e. The summed E-state index contributed by atoms with van der Waals surface area (Å²) in [4.78, 5) is 4.24. The summed E-state index contributed by atoms with van der Waals surface area (Å²) in [6, 6.07) is 1.66. The summed E-state index contributed by atoms with van der Waals surface area (Å²) >= 11 is 0. The van der Waals surface area contributed by atoms with Crippen LogP contribution in [0.1, 0.15) is 11.3 Å². The first-order valence-corrected chi connectivity index (χ1v) is 10.6. The van der Waals surface area contributed by atoms with E-state index in [4.69, 9.17) is 14.6 Å². The van der Waals surface area contributed by atoms with Gasteiger partial charge in [-0.25, -0.2) is 18.1 Å². The van der Waals surface area contributed by atoms with E-state index in [9.17, 15) is 8.42 Å². The fourth-order valence-corrected chi connectivity index (χ4v) is 3.81. The summed E-state index contributed by atoms with van der Waals surface area (Å²) in [6.07, 6.45) is 7.61. The van der Waals surface area contributed by atoms with Crippen LogP contribution in [-0.4, -0.2) is 60.0 Å². The van der Waals surface area contributed by atoms with Crippen molar-refractivity contribution in [3.63, 3.8) is 0 Å². The molecule has 0 saturated heterocycles. The van der Waals surface area contributed by atoms with E-state index in [0.717, 1.165) is 35.2 Å². The Bertz CT molecular complexity index is 1090. The number of fused-ring (bicyclic) bond motifs is 1. The van der Waals surface area contributed by atoms with Crippen molar-refractivity contribution in [1.29, 1.82) is 0 Å². The number of methoxy groups -OCH3 is 1. The van der Waals surface area contributed by atoms with E-state index in [1.807, 2.05) is 0 Å². The van der Waals surface area contributed by atoms with E-state index in [1.54, 1.807) is 29.3 Å². The standard InChI is InChI=1S/C17H20N6O4S/c1-26-17-14(22-28(2,24)25)7-12(10-18-17)23-15-4-6-27-5-3-13(15)16(21-23)11-8-19-20-9-11/h7-10,22H,3-6H2,1-2H3,(H,19,20). The number of H-pyrrole nitrogens is 1. The van der Waals surface area contributed by atoms with Gasteiger partial charge >= 0.3 is 0 Å². The highest BCUT2D eigenvalue weighted by Gasteiger charge is 2.23. The number of sulfonamides is 1. The minimum atomic E-state index is -3.49. The van der Waals surface area contributed by atoms with Gasteiger partial charge in [0.1, 0.15) is 5.69 Å². The topological polar surface area (TPSA) is 124 Å². The first-order valence-electron chi connectivity index (χ1n) is 8.66. The molecule has 0 bridgehead atoms. The zero-order chi connectivity index (χ0) is 19.7. The monoisotopic (exact) mass is 404 g/mol. The van der Waals surface area contributed by atoms with Gasteiger partial charge < -0.3 is 9.47 Å². The summed E-state index contributed by atoms with van der Waals surface area (Å²) in [5.41, 5.74) is 4.68. The molecule has 11 heteroatoms. The van der Waals surface area contributed by atoms with Crippen LogP contribution in [0.15, 0.2) is 24.7 Å². The largest absolute Gasteiger partial charge is 0.479 e. The number of nitrogens with zero attached hydrogens (tertiary/aromatic N) is 4. The van der Waals surface area contributed by atoms with E-state index in [0.29, 0.717) is 25.3 Å². The second-order valence-corrected chi connectivity index (χ2v) is 8.16. The lowest BCUT2D eigenvalue weighted by Crippen LogP contribution is -2.12. The van der Waals surface area contributed by atoms with Gasteiger partial charge in [0, 0.05) is 23.7 Å². The van der Waals surface area contributed by atoms with Crippen LogP contribution in [0.25, 0.3) is 16.9 Å². The summed E-state index contributed by atoms with van der Waals surface area (Å²) < 4.78 is 38.5. The highest BCUT2D eigenvalue weighted by molar-refractivity contribution is 7.92. The van der Waals surface area contributed by atoms with Crippen molar-refractivity contribution in [2.75, 3.05) is 31.3 Å². The number of hydrogen-bond acceptors (Lipinski definition) is 7. The fourth-order valence-electron chi connectivity index (χ4n) is 3.27. The number of pyridine rings is 1. The van der Waals surface area contributed by atoms with Crippen molar-refractivity contribution < 1.29 is 17.9 Å². The van der Waals surface area contributed by atoms with Gasteiger partial charge in [-0.1, -0.05) is 0 Å². The number of aromatic amines is 1. The number of anilines is 1. The maximum atomic E-state index is 11.7. The minimum Gasteiger partial charge on any atom is -0.479 e. The molecule has 4 rings (SSSR count). The molecule has 3 aromatic rings. The highest BCUT2D eigenvalue weighted by Crippen LogP contribution is 2.31. The molecule has 0 radical (unpaired) electrons. The number of aromatic nitrogens is 5. The van der Waals surface area contributed by atoms with Crippen LogP contribution >= 0.6 is 0 Å². The number of nitrogens with one attached hydrogen (secondary N) is 2. The second kappa shape index (κ2) is 7.24. The van der Waals surface area contributed by atoms with Crippen LogP contribution in [-0.2, 0) is 27.6 Å². The third kappa shape index (κ3) is 3.58. The third-order valence-corrected chi connectivity index (χ3v) is 5.00. The Morgan fingerprint density at radius 3 is 2.82 bits per heavy atom. The van der Waals surface area contributed by atoms with Crippen LogP contribution < -0.4 is 9.46 Å². The summed E-state index contributed by atoms with van der Waals surface area (Å²) in [6.45, 7) is 1.20. The average Bonchev–Trinajstić information content (AvgIpc) is 3.22. The molecule has 0 saturated carbocycles. The molecule has 0 unspecified atom stereocenters. The van der Waals surface area contributed by atoms with Gasteiger partial charge in [-0.15, -0.1) is 0 Å². The van der Waals surface area contributed by atoms with Crippen molar-refractivity contribution in [2.45, 2.75) is 12.8 Å². The van der Waals surface area contributed by atoms with Crippen molar-refractivity contribution in [3.8, 4) is 22.8 Å². The molecule has 1 aliphatic heterocycles. The second-order valence-electron chi connectivity index (χ2n) is 6.41. The molecule has 0 aliphatic carbocycles. The Morgan fingerprint density at radius 1 is 1.29 bits per heavy atom. The van der Waals surface area contributed by atoms with Crippen molar-refractivity contribution in [2.24, 2.45) is 0 Å². The van der Waals surface area contributed by atoms with E-state index < -0.39 is 10.0 Å². The number of hydrogen-bond donors (Lipinski definition) is 2. The highest BCUT2D eigenvalue weighted by atomic mass is 32.2. The molecular formula is C17H20N6O4S. The molecule has 1 aliphatic rings. The zero-order valence-corrected chi connectivity index (χ0v) is 16.3. The number of ether oxygens (including phenoxy) is 2. The molecule has 4 heterocycles. The van der Waals surface area contributed by atoms with Gasteiger partial charge in [0.05, 0.1) is 56.0 Å². The van der Waals surface area contributed by atoms with E-state index in [1.165, 1.54) is 7.11 Å². The number of rotatable bonds is 5. The molecular weight excluding hydrogens is 384 g/mol. The normalized spacial score (nSPS) is 14.4. The quantitative estimate of drug-likeness (QED) is 0.654. The van der Waals surface area contributed by atoms with Crippen LogP contribution in [0.5, 0.6) is 5.88 Å².